The normalized spacial score (nSPS) is 17.6. The molecule has 0 saturated carbocycles. The molecule has 0 saturated heterocycles. The van der Waals surface area contributed by atoms with E-state index >= 15 is 0 Å². The van der Waals surface area contributed by atoms with Gasteiger partial charge in [-0.3, -0.25) is 5.34 Å². The molecular formula is C4H9BN3. The van der Waals surface area contributed by atoms with Crippen molar-refractivity contribution in [2.24, 2.45) is 10.8 Å². The molecule has 0 bridgehead atoms. The van der Waals surface area contributed by atoms with E-state index in [1.165, 1.54) is 0 Å². The summed E-state index contributed by atoms with van der Waals surface area (Å²) >= 11 is 0. The minimum Gasteiger partial charge on any atom is -0.320 e. The van der Waals surface area contributed by atoms with E-state index in [9.17, 15) is 0 Å². The Morgan fingerprint density at radius 2 is 2.38 bits per heavy atom. The summed E-state index contributed by atoms with van der Waals surface area (Å²) in [6, 6.07) is 0. The first-order valence-electron chi connectivity index (χ1n) is 2.71. The third-order valence-corrected chi connectivity index (χ3v) is 1.02. The highest BCUT2D eigenvalue weighted by Gasteiger charge is 2.08. The molecule has 1 aliphatic rings. The summed E-state index contributed by atoms with van der Waals surface area (Å²) in [7, 11) is 1.65. The molecule has 0 aromatic carbocycles. The van der Waals surface area contributed by atoms with E-state index in [1.807, 2.05) is 0 Å². The summed E-state index contributed by atoms with van der Waals surface area (Å²) in [5, 5.41) is 2.77. The fraction of sp³-hybridized carbons (Fsp3) is 0.750. The Kier molecular flexibility index (Phi) is 1.53. The van der Waals surface area contributed by atoms with Crippen LogP contribution in [0.3, 0.4) is 0 Å². The second-order valence-corrected chi connectivity index (χ2v) is 2.07. The zero-order valence-corrected chi connectivity index (χ0v) is 5.10. The van der Waals surface area contributed by atoms with Gasteiger partial charge in [0.05, 0.1) is 5.84 Å². The summed E-state index contributed by atoms with van der Waals surface area (Å²) in [6.07, 6.45) is 0. The van der Waals surface area contributed by atoms with E-state index in [0.29, 0.717) is 5.92 Å². The smallest absolute Gasteiger partial charge is 0.320 e. The Morgan fingerprint density at radius 1 is 1.62 bits per heavy atom. The fourth-order valence-corrected chi connectivity index (χ4v) is 0.534. The van der Waals surface area contributed by atoms with Gasteiger partial charge >= 0.3 is 7.55 Å². The van der Waals surface area contributed by atoms with Gasteiger partial charge in [-0.1, -0.05) is 13.8 Å². The largest absolute Gasteiger partial charge is 0.391 e. The maximum atomic E-state index is 4.00. The molecule has 0 unspecified atom stereocenters. The molecule has 8 heavy (non-hydrogen) atoms. The van der Waals surface area contributed by atoms with Gasteiger partial charge in [0.1, 0.15) is 0 Å². The van der Waals surface area contributed by atoms with Gasteiger partial charge in [0.15, 0.2) is 0 Å². The SMILES string of the molecule is CC(C)C1=N[B]NN1. The van der Waals surface area contributed by atoms with E-state index in [4.69, 9.17) is 0 Å². The van der Waals surface area contributed by atoms with Crippen molar-refractivity contribution in [3.63, 3.8) is 0 Å². The lowest BCUT2D eigenvalue weighted by Crippen LogP contribution is -2.33. The molecule has 0 amide bonds. The second-order valence-electron chi connectivity index (χ2n) is 2.07. The van der Waals surface area contributed by atoms with Crippen LogP contribution in [0.2, 0.25) is 0 Å². The maximum Gasteiger partial charge on any atom is 0.391 e. The van der Waals surface area contributed by atoms with Crippen LogP contribution in [0, 0.1) is 5.92 Å². The van der Waals surface area contributed by atoms with E-state index in [-0.39, 0.29) is 0 Å². The van der Waals surface area contributed by atoms with Crippen LogP contribution in [0.5, 0.6) is 0 Å². The van der Waals surface area contributed by atoms with Crippen LogP contribution < -0.4 is 10.8 Å². The zero-order valence-electron chi connectivity index (χ0n) is 5.10. The van der Waals surface area contributed by atoms with Crippen LogP contribution in [0.25, 0.3) is 0 Å². The molecule has 0 atom stereocenters. The summed E-state index contributed by atoms with van der Waals surface area (Å²) in [5.74, 6) is 1.49. The molecule has 1 aliphatic heterocycles. The molecule has 1 heterocycles. The molecule has 0 fully saturated rings. The predicted molar refractivity (Wildman–Crippen MR) is 34.3 cm³/mol. The zero-order chi connectivity index (χ0) is 5.98. The lowest BCUT2D eigenvalue weighted by atomic mass is 10.2. The van der Waals surface area contributed by atoms with Gasteiger partial charge in [-0.2, -0.15) is 0 Å². The first-order valence-corrected chi connectivity index (χ1v) is 2.71. The molecule has 1 rings (SSSR count). The number of hydrogen-bond donors (Lipinski definition) is 2. The lowest BCUT2D eigenvalue weighted by molar-refractivity contribution is 0.800. The Morgan fingerprint density at radius 3 is 2.62 bits per heavy atom. The minimum absolute atomic E-state index is 0.487. The molecule has 0 aliphatic carbocycles. The third-order valence-electron chi connectivity index (χ3n) is 1.02. The van der Waals surface area contributed by atoms with Gasteiger partial charge in [0.2, 0.25) is 0 Å². The Bertz CT molecular complexity index is 110. The molecule has 0 aromatic heterocycles. The highest BCUT2D eigenvalue weighted by Crippen LogP contribution is 1.94. The average molecular weight is 110 g/mol. The van der Waals surface area contributed by atoms with Crippen LogP contribution in [-0.2, 0) is 0 Å². The summed E-state index contributed by atoms with van der Waals surface area (Å²) in [5.41, 5.74) is 2.90. The summed E-state index contributed by atoms with van der Waals surface area (Å²) in [4.78, 5) is 4.00. The number of rotatable bonds is 1. The van der Waals surface area contributed by atoms with Gasteiger partial charge in [0.25, 0.3) is 0 Å². The number of amidine groups is 1. The van der Waals surface area contributed by atoms with Crippen molar-refractivity contribution in [1.82, 2.24) is 10.8 Å². The van der Waals surface area contributed by atoms with Crippen molar-refractivity contribution in [2.45, 2.75) is 13.8 Å². The molecule has 0 aromatic rings. The van der Waals surface area contributed by atoms with E-state index in [1.54, 1.807) is 7.55 Å². The van der Waals surface area contributed by atoms with Crippen molar-refractivity contribution in [3.8, 4) is 0 Å². The topological polar surface area (TPSA) is 36.4 Å². The van der Waals surface area contributed by atoms with Gasteiger partial charge in [0, 0.05) is 5.92 Å². The standard InChI is InChI=1S/C4H9BN3/c1-3(2)4-6-5-8-7-4/h3,8H,1-2H3,(H,6,7). The van der Waals surface area contributed by atoms with Crippen LogP contribution >= 0.6 is 0 Å². The predicted octanol–water partition coefficient (Wildman–Crippen LogP) is -0.317. The van der Waals surface area contributed by atoms with Crippen molar-refractivity contribution in [1.29, 1.82) is 0 Å². The maximum absolute atomic E-state index is 4.00. The number of nitrogens with zero attached hydrogens (tertiary/aromatic N) is 1. The quantitative estimate of drug-likeness (QED) is 0.454. The highest BCUT2D eigenvalue weighted by atomic mass is 15.4. The molecule has 0 spiro atoms. The molecule has 43 valence electrons. The van der Waals surface area contributed by atoms with E-state index in [2.05, 4.69) is 29.5 Å². The lowest BCUT2D eigenvalue weighted by Gasteiger charge is -2.03. The van der Waals surface area contributed by atoms with Gasteiger partial charge in [-0.25, -0.2) is 0 Å². The van der Waals surface area contributed by atoms with Gasteiger partial charge < -0.3 is 10.3 Å². The van der Waals surface area contributed by atoms with Gasteiger partial charge in [-0.05, 0) is 0 Å². The molecule has 4 heteroatoms. The van der Waals surface area contributed by atoms with Crippen molar-refractivity contribution < 1.29 is 0 Å². The minimum atomic E-state index is 0.487. The van der Waals surface area contributed by atoms with Crippen LogP contribution in [0.15, 0.2) is 4.90 Å². The van der Waals surface area contributed by atoms with Gasteiger partial charge in [-0.15, -0.1) is 0 Å². The molecule has 3 nitrogen and oxygen atoms in total. The van der Waals surface area contributed by atoms with Crippen molar-refractivity contribution in [2.75, 3.05) is 0 Å². The number of hydrogen-bond acceptors (Lipinski definition) is 3. The second kappa shape index (κ2) is 2.18. The van der Waals surface area contributed by atoms with Crippen molar-refractivity contribution >= 4 is 13.4 Å². The summed E-state index contributed by atoms with van der Waals surface area (Å²) < 4.78 is 0. The van der Waals surface area contributed by atoms with Crippen molar-refractivity contribution in [3.05, 3.63) is 0 Å². The van der Waals surface area contributed by atoms with Crippen LogP contribution in [-0.4, -0.2) is 13.4 Å². The average Bonchev–Trinajstić information content (AvgIpc) is 2.12. The Labute approximate surface area is 49.8 Å². The van der Waals surface area contributed by atoms with E-state index < -0.39 is 0 Å². The fourth-order valence-electron chi connectivity index (χ4n) is 0.534. The molecule has 1 radical (unpaired) electrons. The number of hydrazine groups is 1. The summed E-state index contributed by atoms with van der Waals surface area (Å²) in [6.45, 7) is 4.18. The number of nitrogens with one attached hydrogen (secondary N) is 2. The van der Waals surface area contributed by atoms with E-state index in [0.717, 1.165) is 5.84 Å². The molecular weight excluding hydrogens is 101 g/mol. The Hall–Kier alpha value is -0.505. The Balaban J connectivity index is 2.45. The van der Waals surface area contributed by atoms with Crippen LogP contribution in [0.1, 0.15) is 13.8 Å². The van der Waals surface area contributed by atoms with Crippen LogP contribution in [0.4, 0.5) is 0 Å². The first kappa shape index (κ1) is 5.63. The third kappa shape index (κ3) is 1.01. The highest BCUT2D eigenvalue weighted by molar-refractivity contribution is 6.35. The molecule has 2 N–H and O–H groups in total. The monoisotopic (exact) mass is 110 g/mol. The first-order chi connectivity index (χ1) is 3.80.